The van der Waals surface area contributed by atoms with E-state index >= 15 is 0 Å². The SMILES string of the molecule is Cc1nc(N[C@H](C)c2ccccc2Cl)c2c3c(sc2n1)C[C@@H](C)CC3. The number of aryl methyl sites for hydroxylation is 2. The van der Waals surface area contributed by atoms with Crippen LogP contribution in [0.15, 0.2) is 24.3 Å². The van der Waals surface area contributed by atoms with Crippen molar-refractivity contribution in [1.29, 1.82) is 0 Å². The number of hydrogen-bond donors (Lipinski definition) is 1. The summed E-state index contributed by atoms with van der Waals surface area (Å²) >= 11 is 8.22. The van der Waals surface area contributed by atoms with Crippen molar-refractivity contribution in [3.63, 3.8) is 0 Å². The first-order valence-electron chi connectivity index (χ1n) is 8.82. The highest BCUT2D eigenvalue weighted by molar-refractivity contribution is 7.19. The van der Waals surface area contributed by atoms with E-state index in [-0.39, 0.29) is 6.04 Å². The molecule has 25 heavy (non-hydrogen) atoms. The van der Waals surface area contributed by atoms with Crippen molar-refractivity contribution in [2.75, 3.05) is 5.32 Å². The van der Waals surface area contributed by atoms with Crippen LogP contribution in [-0.2, 0) is 12.8 Å². The third-order valence-corrected chi connectivity index (χ3v) is 6.48. The molecule has 4 rings (SSSR count). The van der Waals surface area contributed by atoms with Crippen LogP contribution in [0.4, 0.5) is 5.82 Å². The zero-order chi connectivity index (χ0) is 17.6. The van der Waals surface area contributed by atoms with Gasteiger partial charge in [-0.15, -0.1) is 11.3 Å². The highest BCUT2D eigenvalue weighted by Gasteiger charge is 2.24. The zero-order valence-corrected chi connectivity index (χ0v) is 16.3. The van der Waals surface area contributed by atoms with Crippen LogP contribution in [0.1, 0.15) is 48.1 Å². The Hall–Kier alpha value is -1.65. The van der Waals surface area contributed by atoms with E-state index in [1.807, 2.05) is 36.5 Å². The van der Waals surface area contributed by atoms with Crippen LogP contribution >= 0.6 is 22.9 Å². The van der Waals surface area contributed by atoms with E-state index in [0.717, 1.165) is 45.8 Å². The molecule has 0 unspecified atom stereocenters. The summed E-state index contributed by atoms with van der Waals surface area (Å²) in [5, 5.41) is 5.60. The van der Waals surface area contributed by atoms with Crippen LogP contribution in [0.25, 0.3) is 10.2 Å². The first-order valence-corrected chi connectivity index (χ1v) is 10.0. The summed E-state index contributed by atoms with van der Waals surface area (Å²) in [4.78, 5) is 12.0. The number of hydrogen-bond acceptors (Lipinski definition) is 4. The van der Waals surface area contributed by atoms with Gasteiger partial charge >= 0.3 is 0 Å². The minimum absolute atomic E-state index is 0.0873. The number of rotatable bonds is 3. The number of thiophene rings is 1. The van der Waals surface area contributed by atoms with Crippen molar-refractivity contribution in [1.82, 2.24) is 9.97 Å². The summed E-state index contributed by atoms with van der Waals surface area (Å²) < 4.78 is 0. The average Bonchev–Trinajstić information content (AvgIpc) is 2.92. The predicted molar refractivity (Wildman–Crippen MR) is 107 cm³/mol. The lowest BCUT2D eigenvalue weighted by atomic mass is 9.89. The Morgan fingerprint density at radius 3 is 2.88 bits per heavy atom. The lowest BCUT2D eigenvalue weighted by Crippen LogP contribution is -2.12. The molecule has 1 N–H and O–H groups in total. The molecular weight excluding hydrogens is 350 g/mol. The molecule has 0 spiro atoms. The first kappa shape index (κ1) is 16.8. The van der Waals surface area contributed by atoms with E-state index in [4.69, 9.17) is 21.6 Å². The summed E-state index contributed by atoms with van der Waals surface area (Å²) in [6, 6.07) is 8.07. The smallest absolute Gasteiger partial charge is 0.139 e. The number of nitrogens with one attached hydrogen (secondary N) is 1. The summed E-state index contributed by atoms with van der Waals surface area (Å²) in [6.45, 7) is 6.43. The maximum absolute atomic E-state index is 6.37. The maximum Gasteiger partial charge on any atom is 0.139 e. The fourth-order valence-electron chi connectivity index (χ4n) is 3.66. The van der Waals surface area contributed by atoms with Crippen molar-refractivity contribution in [3.05, 3.63) is 51.1 Å². The van der Waals surface area contributed by atoms with Gasteiger partial charge in [-0.3, -0.25) is 0 Å². The van der Waals surface area contributed by atoms with Crippen LogP contribution in [0.5, 0.6) is 0 Å². The molecule has 0 saturated carbocycles. The van der Waals surface area contributed by atoms with Crippen molar-refractivity contribution in [2.45, 2.75) is 46.1 Å². The van der Waals surface area contributed by atoms with E-state index in [0.29, 0.717) is 0 Å². The maximum atomic E-state index is 6.37. The Balaban J connectivity index is 1.78. The predicted octanol–water partition coefficient (Wildman–Crippen LogP) is 5.95. The van der Waals surface area contributed by atoms with E-state index in [1.165, 1.54) is 22.2 Å². The van der Waals surface area contributed by atoms with Crippen LogP contribution in [-0.4, -0.2) is 9.97 Å². The van der Waals surface area contributed by atoms with Crippen LogP contribution in [0, 0.1) is 12.8 Å². The lowest BCUT2D eigenvalue weighted by Gasteiger charge is -2.20. The van der Waals surface area contributed by atoms with Gasteiger partial charge in [0, 0.05) is 9.90 Å². The minimum Gasteiger partial charge on any atom is -0.363 e. The summed E-state index contributed by atoms with van der Waals surface area (Å²) in [7, 11) is 0. The first-order chi connectivity index (χ1) is 12.0. The Morgan fingerprint density at radius 2 is 2.08 bits per heavy atom. The van der Waals surface area contributed by atoms with Crippen molar-refractivity contribution in [3.8, 4) is 0 Å². The lowest BCUT2D eigenvalue weighted by molar-refractivity contribution is 0.509. The minimum atomic E-state index is 0.0873. The van der Waals surface area contributed by atoms with Gasteiger partial charge in [-0.05, 0) is 56.2 Å². The molecule has 1 aromatic carbocycles. The molecule has 0 amide bonds. The largest absolute Gasteiger partial charge is 0.363 e. The monoisotopic (exact) mass is 371 g/mol. The Morgan fingerprint density at radius 1 is 1.28 bits per heavy atom. The van der Waals surface area contributed by atoms with Crippen LogP contribution in [0.2, 0.25) is 5.02 Å². The van der Waals surface area contributed by atoms with Crippen LogP contribution in [0.3, 0.4) is 0 Å². The fourth-order valence-corrected chi connectivity index (χ4v) is 5.39. The van der Waals surface area contributed by atoms with Gasteiger partial charge in [-0.1, -0.05) is 36.7 Å². The molecule has 2 heterocycles. The standard InChI is InChI=1S/C20H22ClN3S/c1-11-8-9-15-17(10-11)25-20-18(15)19(23-13(3)24-20)22-12(2)14-6-4-5-7-16(14)21/h4-7,11-12H,8-10H2,1-3H3,(H,22,23,24)/t11-,12+/m0/s1. The molecule has 0 radical (unpaired) electrons. The van der Waals surface area contributed by atoms with E-state index in [9.17, 15) is 0 Å². The molecule has 0 fully saturated rings. The molecule has 1 aliphatic rings. The molecule has 0 aliphatic heterocycles. The highest BCUT2D eigenvalue weighted by atomic mass is 35.5. The molecule has 3 aromatic rings. The number of fused-ring (bicyclic) bond motifs is 3. The third kappa shape index (κ3) is 3.13. The van der Waals surface area contributed by atoms with Crippen molar-refractivity contribution < 1.29 is 0 Å². The second kappa shape index (κ2) is 6.58. The molecular formula is C20H22ClN3S. The number of nitrogens with zero attached hydrogens (tertiary/aromatic N) is 2. The normalized spacial score (nSPS) is 18.2. The van der Waals surface area contributed by atoms with Gasteiger partial charge in [-0.25, -0.2) is 9.97 Å². The zero-order valence-electron chi connectivity index (χ0n) is 14.8. The molecule has 3 nitrogen and oxygen atoms in total. The molecule has 1 aliphatic carbocycles. The third-order valence-electron chi connectivity index (χ3n) is 4.99. The number of halogens is 1. The summed E-state index contributed by atoms with van der Waals surface area (Å²) in [6.07, 6.45) is 3.53. The van der Waals surface area contributed by atoms with E-state index < -0.39 is 0 Å². The molecule has 2 aromatic heterocycles. The van der Waals surface area contributed by atoms with E-state index in [1.54, 1.807) is 0 Å². The Kier molecular flexibility index (Phi) is 4.42. The fraction of sp³-hybridized carbons (Fsp3) is 0.400. The van der Waals surface area contributed by atoms with Gasteiger partial charge in [0.1, 0.15) is 16.5 Å². The summed E-state index contributed by atoms with van der Waals surface area (Å²) in [5.41, 5.74) is 2.54. The molecule has 5 heteroatoms. The molecule has 0 bridgehead atoms. The average molecular weight is 372 g/mol. The van der Waals surface area contributed by atoms with E-state index in [2.05, 4.69) is 25.2 Å². The van der Waals surface area contributed by atoms with Gasteiger partial charge < -0.3 is 5.32 Å². The number of aromatic nitrogens is 2. The van der Waals surface area contributed by atoms with Gasteiger partial charge in [0.2, 0.25) is 0 Å². The second-order valence-corrected chi connectivity index (χ2v) is 8.53. The molecule has 0 saturated heterocycles. The quantitative estimate of drug-likeness (QED) is 0.618. The number of anilines is 1. The van der Waals surface area contributed by atoms with Gasteiger partial charge in [0.25, 0.3) is 0 Å². The Labute approximate surface area is 157 Å². The second-order valence-electron chi connectivity index (χ2n) is 7.04. The Bertz CT molecular complexity index is 934. The van der Waals surface area contributed by atoms with Crippen LogP contribution < -0.4 is 5.32 Å². The molecule has 2 atom stereocenters. The molecule has 130 valence electrons. The van der Waals surface area contributed by atoms with Gasteiger partial charge in [-0.2, -0.15) is 0 Å². The van der Waals surface area contributed by atoms with Gasteiger partial charge in [0.15, 0.2) is 0 Å². The van der Waals surface area contributed by atoms with Crippen molar-refractivity contribution in [2.24, 2.45) is 5.92 Å². The summed E-state index contributed by atoms with van der Waals surface area (Å²) in [5.74, 6) is 2.52. The van der Waals surface area contributed by atoms with Crippen molar-refractivity contribution >= 4 is 39.0 Å². The topological polar surface area (TPSA) is 37.8 Å². The highest BCUT2D eigenvalue weighted by Crippen LogP contribution is 2.40. The van der Waals surface area contributed by atoms with Gasteiger partial charge in [0.05, 0.1) is 11.4 Å². The number of benzene rings is 1.